The van der Waals surface area contributed by atoms with E-state index in [0.717, 1.165) is 5.69 Å². The van der Waals surface area contributed by atoms with Gasteiger partial charge >= 0.3 is 12.0 Å². The van der Waals surface area contributed by atoms with Crippen LogP contribution in [0.2, 0.25) is 0 Å². The molecule has 1 fully saturated rings. The number of rotatable bonds is 4. The molecule has 27 heavy (non-hydrogen) atoms. The molecule has 2 aromatic carbocycles. The highest BCUT2D eigenvalue weighted by atomic mass is 19.1. The van der Waals surface area contributed by atoms with Crippen molar-refractivity contribution in [2.45, 2.75) is 6.92 Å². The molecule has 1 aliphatic rings. The molecule has 7 heteroatoms. The van der Waals surface area contributed by atoms with Crippen LogP contribution in [0.25, 0.3) is 0 Å². The lowest BCUT2D eigenvalue weighted by atomic mass is 10.1. The number of ether oxygens (including phenoxy) is 1. The van der Waals surface area contributed by atoms with Crippen molar-refractivity contribution in [3.05, 3.63) is 59.9 Å². The number of anilines is 2. The maximum atomic E-state index is 13.7. The van der Waals surface area contributed by atoms with E-state index >= 15 is 0 Å². The maximum absolute atomic E-state index is 13.7. The van der Waals surface area contributed by atoms with Gasteiger partial charge in [-0.1, -0.05) is 24.3 Å². The monoisotopic (exact) mass is 371 g/mol. The number of esters is 1. The van der Waals surface area contributed by atoms with Gasteiger partial charge in [-0.05, 0) is 31.2 Å². The van der Waals surface area contributed by atoms with Crippen LogP contribution in [0.15, 0.2) is 48.5 Å². The van der Waals surface area contributed by atoms with E-state index in [0.29, 0.717) is 38.3 Å². The molecule has 142 valence electrons. The Kier molecular flexibility index (Phi) is 5.90. The molecule has 0 unspecified atom stereocenters. The highest BCUT2D eigenvalue weighted by molar-refractivity contribution is 5.96. The minimum Gasteiger partial charge on any atom is -0.462 e. The number of hydrogen-bond acceptors (Lipinski definition) is 4. The number of benzene rings is 2. The SMILES string of the molecule is CCOC(=O)c1ccccc1N1CCN(C(=O)Nc2ccccc2F)CC1. The van der Waals surface area contributed by atoms with Crippen molar-refractivity contribution in [3.8, 4) is 0 Å². The lowest BCUT2D eigenvalue weighted by Crippen LogP contribution is -2.50. The van der Waals surface area contributed by atoms with Crippen LogP contribution >= 0.6 is 0 Å². The van der Waals surface area contributed by atoms with Crippen LogP contribution < -0.4 is 10.2 Å². The number of urea groups is 1. The molecular formula is C20H22FN3O3. The third-order valence-corrected chi connectivity index (χ3v) is 4.42. The zero-order chi connectivity index (χ0) is 19.2. The van der Waals surface area contributed by atoms with E-state index in [1.54, 1.807) is 36.1 Å². The number of nitrogens with one attached hydrogen (secondary N) is 1. The quantitative estimate of drug-likeness (QED) is 0.838. The number of halogens is 1. The Bertz CT molecular complexity index is 820. The van der Waals surface area contributed by atoms with E-state index < -0.39 is 5.82 Å². The van der Waals surface area contributed by atoms with Crippen molar-refractivity contribution in [2.75, 3.05) is 43.0 Å². The summed E-state index contributed by atoms with van der Waals surface area (Å²) < 4.78 is 18.8. The molecule has 6 nitrogen and oxygen atoms in total. The first kappa shape index (κ1) is 18.7. The van der Waals surface area contributed by atoms with Crippen molar-refractivity contribution < 1.29 is 18.7 Å². The van der Waals surface area contributed by atoms with E-state index in [-0.39, 0.29) is 17.7 Å². The van der Waals surface area contributed by atoms with E-state index in [1.807, 2.05) is 12.1 Å². The Hall–Kier alpha value is -3.09. The van der Waals surface area contributed by atoms with Crippen LogP contribution in [0.5, 0.6) is 0 Å². The van der Waals surface area contributed by atoms with Gasteiger partial charge < -0.3 is 19.9 Å². The molecule has 2 aromatic rings. The summed E-state index contributed by atoms with van der Waals surface area (Å²) in [4.78, 5) is 28.2. The Morgan fingerprint density at radius 3 is 2.41 bits per heavy atom. The van der Waals surface area contributed by atoms with Crippen LogP contribution in [-0.2, 0) is 4.74 Å². The number of carbonyl (C=O) groups is 2. The van der Waals surface area contributed by atoms with Gasteiger partial charge in [-0.25, -0.2) is 14.0 Å². The second-order valence-corrected chi connectivity index (χ2v) is 6.12. The zero-order valence-corrected chi connectivity index (χ0v) is 15.2. The van der Waals surface area contributed by atoms with Crippen molar-refractivity contribution in [2.24, 2.45) is 0 Å². The lowest BCUT2D eigenvalue weighted by molar-refractivity contribution is 0.0527. The predicted octanol–water partition coefficient (Wildman–Crippen LogP) is 3.36. The Morgan fingerprint density at radius 1 is 1.04 bits per heavy atom. The Labute approximate surface area is 157 Å². The second kappa shape index (κ2) is 8.53. The summed E-state index contributed by atoms with van der Waals surface area (Å²) in [5.41, 5.74) is 1.48. The molecule has 0 atom stereocenters. The zero-order valence-electron chi connectivity index (χ0n) is 15.2. The highest BCUT2D eigenvalue weighted by Gasteiger charge is 2.24. The minimum absolute atomic E-state index is 0.164. The smallest absolute Gasteiger partial charge is 0.340 e. The molecule has 1 aliphatic heterocycles. The molecule has 1 saturated heterocycles. The number of amides is 2. The summed E-state index contributed by atoms with van der Waals surface area (Å²) in [5, 5.41) is 2.60. The van der Waals surface area contributed by atoms with Crippen molar-refractivity contribution in [1.82, 2.24) is 4.90 Å². The fraction of sp³-hybridized carbons (Fsp3) is 0.300. The normalized spacial score (nSPS) is 14.0. The first-order valence-electron chi connectivity index (χ1n) is 8.91. The van der Waals surface area contributed by atoms with Crippen molar-refractivity contribution in [1.29, 1.82) is 0 Å². The number of piperazine rings is 1. The van der Waals surface area contributed by atoms with Gasteiger partial charge in [-0.2, -0.15) is 0 Å². The average Bonchev–Trinajstić information content (AvgIpc) is 2.70. The summed E-state index contributed by atoms with van der Waals surface area (Å²) >= 11 is 0. The number of para-hydroxylation sites is 2. The van der Waals surface area contributed by atoms with Crippen LogP contribution in [0, 0.1) is 5.82 Å². The third-order valence-electron chi connectivity index (χ3n) is 4.42. The third kappa shape index (κ3) is 4.36. The van der Waals surface area contributed by atoms with Crippen molar-refractivity contribution >= 4 is 23.4 Å². The molecule has 0 saturated carbocycles. The van der Waals surface area contributed by atoms with Gasteiger partial charge in [0.2, 0.25) is 0 Å². The van der Waals surface area contributed by atoms with Crippen LogP contribution in [0.3, 0.4) is 0 Å². The molecule has 1 heterocycles. The number of carbonyl (C=O) groups excluding carboxylic acids is 2. The molecule has 0 aliphatic carbocycles. The average molecular weight is 371 g/mol. The lowest BCUT2D eigenvalue weighted by Gasteiger charge is -2.36. The van der Waals surface area contributed by atoms with Gasteiger partial charge in [0.25, 0.3) is 0 Å². The second-order valence-electron chi connectivity index (χ2n) is 6.12. The first-order chi connectivity index (χ1) is 13.1. The van der Waals surface area contributed by atoms with E-state index in [9.17, 15) is 14.0 Å². The summed E-state index contributed by atoms with van der Waals surface area (Å²) in [6, 6.07) is 13.0. The van der Waals surface area contributed by atoms with Crippen LogP contribution in [0.1, 0.15) is 17.3 Å². The van der Waals surface area contributed by atoms with Gasteiger partial charge in [0, 0.05) is 26.2 Å². The molecule has 2 amide bonds. The highest BCUT2D eigenvalue weighted by Crippen LogP contribution is 2.23. The predicted molar refractivity (Wildman–Crippen MR) is 102 cm³/mol. The fourth-order valence-electron chi connectivity index (χ4n) is 3.04. The number of hydrogen-bond donors (Lipinski definition) is 1. The Balaban J connectivity index is 1.63. The topological polar surface area (TPSA) is 61.9 Å². The molecule has 0 spiro atoms. The standard InChI is InChI=1S/C20H22FN3O3/c1-2-27-19(25)15-7-3-6-10-18(15)23-11-13-24(14-12-23)20(26)22-17-9-5-4-8-16(17)21/h3-10H,2,11-14H2,1H3,(H,22,26). The minimum atomic E-state index is -0.465. The largest absolute Gasteiger partial charge is 0.462 e. The molecular weight excluding hydrogens is 349 g/mol. The first-order valence-corrected chi connectivity index (χ1v) is 8.91. The molecule has 3 rings (SSSR count). The fourth-order valence-corrected chi connectivity index (χ4v) is 3.04. The van der Waals surface area contributed by atoms with Gasteiger partial charge in [-0.3, -0.25) is 0 Å². The summed E-state index contributed by atoms with van der Waals surface area (Å²) in [6.45, 7) is 4.17. The molecule has 0 aromatic heterocycles. The van der Waals surface area contributed by atoms with Crippen molar-refractivity contribution in [3.63, 3.8) is 0 Å². The van der Waals surface area contributed by atoms with E-state index in [4.69, 9.17) is 4.74 Å². The van der Waals surface area contributed by atoms with E-state index in [1.165, 1.54) is 12.1 Å². The summed E-state index contributed by atoms with van der Waals surface area (Å²) in [6.07, 6.45) is 0. The summed E-state index contributed by atoms with van der Waals surface area (Å²) in [7, 11) is 0. The Morgan fingerprint density at radius 2 is 1.70 bits per heavy atom. The molecule has 0 radical (unpaired) electrons. The maximum Gasteiger partial charge on any atom is 0.340 e. The van der Waals surface area contributed by atoms with Gasteiger partial charge in [0.05, 0.1) is 23.5 Å². The van der Waals surface area contributed by atoms with E-state index in [2.05, 4.69) is 10.2 Å². The van der Waals surface area contributed by atoms with Gasteiger partial charge in [0.15, 0.2) is 0 Å². The number of nitrogens with zero attached hydrogens (tertiary/aromatic N) is 2. The van der Waals surface area contributed by atoms with Crippen LogP contribution in [-0.4, -0.2) is 49.7 Å². The van der Waals surface area contributed by atoms with Gasteiger partial charge in [-0.15, -0.1) is 0 Å². The molecule has 1 N–H and O–H groups in total. The van der Waals surface area contributed by atoms with Crippen LogP contribution in [0.4, 0.5) is 20.6 Å². The summed E-state index contributed by atoms with van der Waals surface area (Å²) in [5.74, 6) is -0.819. The molecule has 0 bridgehead atoms. The van der Waals surface area contributed by atoms with Gasteiger partial charge in [0.1, 0.15) is 5.82 Å².